The van der Waals surface area contributed by atoms with Crippen molar-refractivity contribution in [1.82, 2.24) is 9.55 Å². The summed E-state index contributed by atoms with van der Waals surface area (Å²) in [5.74, 6) is -1.36. The SMILES string of the molecule is CCOC(=O)CSc1cccc(-n2c(C(N)=O)cc3ccc(OC(F)(F)F)cc32)n1. The number of hydrogen-bond acceptors (Lipinski definition) is 6. The van der Waals surface area contributed by atoms with Gasteiger partial charge in [-0.2, -0.15) is 0 Å². The van der Waals surface area contributed by atoms with Crippen LogP contribution in [-0.4, -0.2) is 40.1 Å². The molecule has 0 bridgehead atoms. The average Bonchev–Trinajstić information content (AvgIpc) is 3.05. The highest BCUT2D eigenvalue weighted by atomic mass is 32.2. The van der Waals surface area contributed by atoms with E-state index < -0.39 is 24.0 Å². The van der Waals surface area contributed by atoms with Crippen molar-refractivity contribution in [3.63, 3.8) is 0 Å². The summed E-state index contributed by atoms with van der Waals surface area (Å²) in [6.07, 6.45) is -4.86. The molecule has 1 amide bonds. The molecule has 0 unspecified atom stereocenters. The molecule has 0 spiro atoms. The third kappa shape index (κ3) is 5.03. The fourth-order valence-corrected chi connectivity index (χ4v) is 3.43. The number of hydrogen-bond donors (Lipinski definition) is 1. The number of rotatable bonds is 7. The molecule has 0 aliphatic heterocycles. The minimum atomic E-state index is -4.86. The van der Waals surface area contributed by atoms with E-state index in [0.717, 1.165) is 23.9 Å². The molecular formula is C19H16F3N3O4S. The van der Waals surface area contributed by atoms with Crippen LogP contribution in [0.2, 0.25) is 0 Å². The molecule has 0 aliphatic rings. The zero-order valence-electron chi connectivity index (χ0n) is 15.6. The normalized spacial score (nSPS) is 11.5. The summed E-state index contributed by atoms with van der Waals surface area (Å²) in [5.41, 5.74) is 5.75. The van der Waals surface area contributed by atoms with Crippen LogP contribution in [0.4, 0.5) is 13.2 Å². The lowest BCUT2D eigenvalue weighted by Crippen LogP contribution is -2.17. The predicted octanol–water partition coefficient (Wildman–Crippen LogP) is 3.68. The number of primary amides is 1. The van der Waals surface area contributed by atoms with Gasteiger partial charge in [0.25, 0.3) is 5.91 Å². The molecule has 0 saturated heterocycles. The maximum Gasteiger partial charge on any atom is 0.573 e. The summed E-state index contributed by atoms with van der Waals surface area (Å²) in [5, 5.41) is 0.935. The van der Waals surface area contributed by atoms with Crippen LogP contribution in [0.1, 0.15) is 17.4 Å². The summed E-state index contributed by atoms with van der Waals surface area (Å²) in [6, 6.07) is 9.99. The van der Waals surface area contributed by atoms with Crippen LogP contribution in [0.15, 0.2) is 47.5 Å². The number of alkyl halides is 3. The van der Waals surface area contributed by atoms with E-state index in [2.05, 4.69) is 9.72 Å². The Kier molecular flexibility index (Phi) is 6.20. The van der Waals surface area contributed by atoms with E-state index in [-0.39, 0.29) is 29.4 Å². The van der Waals surface area contributed by atoms with Crippen LogP contribution in [-0.2, 0) is 9.53 Å². The molecule has 0 atom stereocenters. The van der Waals surface area contributed by atoms with E-state index in [1.807, 2.05) is 0 Å². The number of carbonyl (C=O) groups is 2. The van der Waals surface area contributed by atoms with Gasteiger partial charge in [0, 0.05) is 11.5 Å². The molecule has 0 aliphatic carbocycles. The second kappa shape index (κ2) is 8.66. The molecule has 11 heteroatoms. The zero-order valence-corrected chi connectivity index (χ0v) is 16.4. The Labute approximate surface area is 173 Å². The van der Waals surface area contributed by atoms with Gasteiger partial charge < -0.3 is 15.2 Å². The summed E-state index contributed by atoms with van der Waals surface area (Å²) >= 11 is 1.12. The van der Waals surface area contributed by atoms with E-state index in [1.54, 1.807) is 25.1 Å². The molecule has 2 aromatic heterocycles. The quantitative estimate of drug-likeness (QED) is 0.446. The molecule has 7 nitrogen and oxygen atoms in total. The number of thioether (sulfide) groups is 1. The Balaban J connectivity index is 2.04. The van der Waals surface area contributed by atoms with E-state index in [9.17, 15) is 22.8 Å². The van der Waals surface area contributed by atoms with Crippen molar-refractivity contribution < 1.29 is 32.2 Å². The lowest BCUT2D eigenvalue weighted by molar-refractivity contribution is -0.274. The van der Waals surface area contributed by atoms with Crippen molar-refractivity contribution in [3.8, 4) is 11.6 Å². The van der Waals surface area contributed by atoms with Crippen molar-refractivity contribution in [3.05, 3.63) is 48.2 Å². The number of ether oxygens (including phenoxy) is 2. The minimum absolute atomic E-state index is 0.0307. The summed E-state index contributed by atoms with van der Waals surface area (Å²) in [6.45, 7) is 1.95. The fourth-order valence-electron chi connectivity index (χ4n) is 2.75. The van der Waals surface area contributed by atoms with Gasteiger partial charge in [0.05, 0.1) is 22.9 Å². The molecule has 1 aromatic carbocycles. The number of nitrogens with two attached hydrogens (primary N) is 1. The first-order valence-electron chi connectivity index (χ1n) is 8.65. The highest BCUT2D eigenvalue weighted by molar-refractivity contribution is 7.99. The average molecular weight is 439 g/mol. The van der Waals surface area contributed by atoms with Gasteiger partial charge in [0.2, 0.25) is 0 Å². The molecule has 2 heterocycles. The molecule has 0 saturated carbocycles. The van der Waals surface area contributed by atoms with Crippen LogP contribution in [0.25, 0.3) is 16.7 Å². The van der Waals surface area contributed by atoms with Gasteiger partial charge in [-0.05, 0) is 37.3 Å². The summed E-state index contributed by atoms with van der Waals surface area (Å²) < 4.78 is 48.0. The second-order valence-electron chi connectivity index (χ2n) is 5.93. The number of benzene rings is 1. The Morgan fingerprint density at radius 1 is 1.20 bits per heavy atom. The first-order chi connectivity index (χ1) is 14.2. The van der Waals surface area contributed by atoms with Crippen molar-refractivity contribution in [2.75, 3.05) is 12.4 Å². The topological polar surface area (TPSA) is 96.4 Å². The van der Waals surface area contributed by atoms with Crippen molar-refractivity contribution in [2.24, 2.45) is 5.73 Å². The number of carbonyl (C=O) groups excluding carboxylic acids is 2. The third-order valence-electron chi connectivity index (χ3n) is 3.84. The van der Waals surface area contributed by atoms with E-state index in [4.69, 9.17) is 10.5 Å². The van der Waals surface area contributed by atoms with Crippen LogP contribution >= 0.6 is 11.8 Å². The monoisotopic (exact) mass is 439 g/mol. The number of halogens is 3. The Hall–Kier alpha value is -3.21. The lowest BCUT2D eigenvalue weighted by Gasteiger charge is -2.12. The number of esters is 1. The predicted molar refractivity (Wildman–Crippen MR) is 104 cm³/mol. The lowest BCUT2D eigenvalue weighted by atomic mass is 10.2. The van der Waals surface area contributed by atoms with Crippen LogP contribution in [0.5, 0.6) is 5.75 Å². The molecular weight excluding hydrogens is 423 g/mol. The van der Waals surface area contributed by atoms with Crippen molar-refractivity contribution in [2.45, 2.75) is 18.3 Å². The zero-order chi connectivity index (χ0) is 21.9. The van der Waals surface area contributed by atoms with Gasteiger partial charge in [-0.1, -0.05) is 17.8 Å². The first kappa shape index (κ1) is 21.5. The van der Waals surface area contributed by atoms with E-state index in [0.29, 0.717) is 10.4 Å². The first-order valence-corrected chi connectivity index (χ1v) is 9.63. The molecule has 158 valence electrons. The molecule has 2 N–H and O–H groups in total. The molecule has 30 heavy (non-hydrogen) atoms. The van der Waals surface area contributed by atoms with Gasteiger partial charge in [-0.25, -0.2) is 4.98 Å². The van der Waals surface area contributed by atoms with Crippen LogP contribution < -0.4 is 10.5 Å². The van der Waals surface area contributed by atoms with E-state index in [1.165, 1.54) is 16.7 Å². The minimum Gasteiger partial charge on any atom is -0.465 e. The maximum atomic E-state index is 12.6. The Morgan fingerprint density at radius 3 is 2.63 bits per heavy atom. The number of fused-ring (bicyclic) bond motifs is 1. The maximum absolute atomic E-state index is 12.6. The van der Waals surface area contributed by atoms with Gasteiger partial charge in [0.1, 0.15) is 17.3 Å². The number of nitrogens with zero attached hydrogens (tertiary/aromatic N) is 2. The highest BCUT2D eigenvalue weighted by Gasteiger charge is 2.31. The standard InChI is InChI=1S/C19H16F3N3O4S/c1-2-28-17(26)10-30-16-5-3-4-15(24-16)25-13-9-12(29-19(20,21)22)7-6-11(13)8-14(25)18(23)27/h3-9H,2,10H2,1H3,(H2,23,27). The van der Waals surface area contributed by atoms with Gasteiger partial charge in [0.15, 0.2) is 0 Å². The smallest absolute Gasteiger partial charge is 0.465 e. The Morgan fingerprint density at radius 2 is 1.97 bits per heavy atom. The summed E-state index contributed by atoms with van der Waals surface area (Å²) in [7, 11) is 0. The molecule has 0 radical (unpaired) electrons. The molecule has 3 aromatic rings. The molecule has 3 rings (SSSR count). The van der Waals surface area contributed by atoms with Crippen molar-refractivity contribution in [1.29, 1.82) is 0 Å². The highest BCUT2D eigenvalue weighted by Crippen LogP contribution is 2.30. The molecule has 0 fully saturated rings. The number of aromatic nitrogens is 2. The van der Waals surface area contributed by atoms with Crippen molar-refractivity contribution >= 4 is 34.5 Å². The van der Waals surface area contributed by atoms with Gasteiger partial charge in [-0.15, -0.1) is 13.2 Å². The Bertz CT molecular complexity index is 1100. The van der Waals surface area contributed by atoms with E-state index >= 15 is 0 Å². The van der Waals surface area contributed by atoms with Crippen LogP contribution in [0.3, 0.4) is 0 Å². The number of pyridine rings is 1. The van der Waals surface area contributed by atoms with Gasteiger partial charge >= 0.3 is 12.3 Å². The largest absolute Gasteiger partial charge is 0.573 e. The third-order valence-corrected chi connectivity index (χ3v) is 4.75. The summed E-state index contributed by atoms with van der Waals surface area (Å²) in [4.78, 5) is 27.9. The van der Waals surface area contributed by atoms with Gasteiger partial charge in [-0.3, -0.25) is 14.2 Å². The fraction of sp³-hybridized carbons (Fsp3) is 0.211. The second-order valence-corrected chi connectivity index (χ2v) is 6.92. The number of amides is 1. The van der Waals surface area contributed by atoms with Crippen LogP contribution in [0, 0.1) is 0 Å².